The first-order chi connectivity index (χ1) is 13.6. The number of thiophene rings is 1. The fourth-order valence-corrected chi connectivity index (χ4v) is 3.47. The Balaban J connectivity index is 1.35. The molecule has 0 aliphatic rings. The second-order valence-corrected chi connectivity index (χ2v) is 7.27. The Morgan fingerprint density at radius 2 is 1.93 bits per heavy atom. The maximum Gasteiger partial charge on any atom is 0.252 e. The standard InChI is InChI=1S/C21H24N4O2S/c1-16-17(14-25(24-16)19-7-3-2-4-8-19)6-5-11-22-20(26)9-12-23-21(27)18-10-13-28-15-18/h2-4,7-8,10,13-15H,5-6,9,11-12H2,1H3,(H,22,26)(H,23,27). The van der Waals surface area contributed by atoms with E-state index in [4.69, 9.17) is 0 Å². The molecule has 146 valence electrons. The number of amides is 2. The van der Waals surface area contributed by atoms with Gasteiger partial charge in [0, 0.05) is 36.7 Å². The molecular weight excluding hydrogens is 372 g/mol. The minimum absolute atomic E-state index is 0.0534. The molecule has 3 aromatic rings. The van der Waals surface area contributed by atoms with Gasteiger partial charge >= 0.3 is 0 Å². The third-order valence-corrected chi connectivity index (χ3v) is 5.07. The van der Waals surface area contributed by atoms with Crippen LogP contribution in [0.15, 0.2) is 53.4 Å². The van der Waals surface area contributed by atoms with Crippen LogP contribution in [0, 0.1) is 6.92 Å². The van der Waals surface area contributed by atoms with Crippen molar-refractivity contribution < 1.29 is 9.59 Å². The van der Waals surface area contributed by atoms with E-state index < -0.39 is 0 Å². The third kappa shape index (κ3) is 5.53. The van der Waals surface area contributed by atoms with Crippen molar-refractivity contribution in [1.29, 1.82) is 0 Å². The van der Waals surface area contributed by atoms with Gasteiger partial charge in [0.1, 0.15) is 0 Å². The lowest BCUT2D eigenvalue weighted by molar-refractivity contribution is -0.120. The summed E-state index contributed by atoms with van der Waals surface area (Å²) in [4.78, 5) is 23.7. The van der Waals surface area contributed by atoms with Crippen molar-refractivity contribution in [1.82, 2.24) is 20.4 Å². The van der Waals surface area contributed by atoms with Gasteiger partial charge < -0.3 is 10.6 Å². The Morgan fingerprint density at radius 3 is 2.68 bits per heavy atom. The first kappa shape index (κ1) is 19.8. The molecule has 2 heterocycles. The van der Waals surface area contributed by atoms with Gasteiger partial charge in [-0.25, -0.2) is 4.68 Å². The summed E-state index contributed by atoms with van der Waals surface area (Å²) in [6.07, 6.45) is 4.02. The van der Waals surface area contributed by atoms with Crippen LogP contribution in [0.1, 0.15) is 34.5 Å². The summed E-state index contributed by atoms with van der Waals surface area (Å²) in [5.41, 5.74) is 3.86. The van der Waals surface area contributed by atoms with Crippen molar-refractivity contribution in [2.75, 3.05) is 13.1 Å². The summed E-state index contributed by atoms with van der Waals surface area (Å²) in [6.45, 7) is 2.94. The highest BCUT2D eigenvalue weighted by Crippen LogP contribution is 2.13. The molecule has 2 amide bonds. The molecule has 6 nitrogen and oxygen atoms in total. The quantitative estimate of drug-likeness (QED) is 0.546. The van der Waals surface area contributed by atoms with Crippen molar-refractivity contribution in [3.8, 4) is 5.69 Å². The number of rotatable bonds is 9. The lowest BCUT2D eigenvalue weighted by atomic mass is 10.1. The van der Waals surface area contributed by atoms with Crippen molar-refractivity contribution in [2.24, 2.45) is 0 Å². The van der Waals surface area contributed by atoms with Crippen LogP contribution in [0.2, 0.25) is 0 Å². The monoisotopic (exact) mass is 396 g/mol. The number of nitrogens with zero attached hydrogens (tertiary/aromatic N) is 2. The van der Waals surface area contributed by atoms with E-state index >= 15 is 0 Å². The average molecular weight is 397 g/mol. The highest BCUT2D eigenvalue weighted by Gasteiger charge is 2.08. The average Bonchev–Trinajstić information content (AvgIpc) is 3.36. The molecule has 0 unspecified atom stereocenters. The molecule has 0 saturated carbocycles. The molecule has 0 spiro atoms. The van der Waals surface area contributed by atoms with E-state index in [0.29, 0.717) is 18.7 Å². The molecule has 0 bridgehead atoms. The molecule has 0 atom stereocenters. The van der Waals surface area contributed by atoms with Crippen molar-refractivity contribution in [3.05, 3.63) is 70.2 Å². The van der Waals surface area contributed by atoms with Gasteiger partial charge in [-0.3, -0.25) is 9.59 Å². The summed E-state index contributed by atoms with van der Waals surface area (Å²) >= 11 is 1.47. The zero-order chi connectivity index (χ0) is 19.8. The number of aromatic nitrogens is 2. The predicted molar refractivity (Wildman–Crippen MR) is 111 cm³/mol. The van der Waals surface area contributed by atoms with Gasteiger partial charge in [-0.05, 0) is 48.9 Å². The molecule has 0 aliphatic heterocycles. The molecular formula is C21H24N4O2S. The van der Waals surface area contributed by atoms with Crippen LogP contribution >= 0.6 is 11.3 Å². The zero-order valence-electron chi connectivity index (χ0n) is 15.9. The minimum Gasteiger partial charge on any atom is -0.356 e. The molecule has 0 aliphatic carbocycles. The Hall–Kier alpha value is -2.93. The van der Waals surface area contributed by atoms with Gasteiger partial charge in [-0.15, -0.1) is 0 Å². The maximum atomic E-state index is 11.9. The SMILES string of the molecule is Cc1nn(-c2ccccc2)cc1CCCNC(=O)CCNC(=O)c1ccsc1. The number of carbonyl (C=O) groups excluding carboxylic acids is 2. The Morgan fingerprint density at radius 1 is 1.11 bits per heavy atom. The van der Waals surface area contributed by atoms with Gasteiger partial charge in [0.25, 0.3) is 5.91 Å². The van der Waals surface area contributed by atoms with E-state index in [2.05, 4.69) is 15.7 Å². The molecule has 0 fully saturated rings. The molecule has 3 rings (SSSR count). The number of nitrogens with one attached hydrogen (secondary N) is 2. The van der Waals surface area contributed by atoms with Crippen LogP contribution in [-0.4, -0.2) is 34.7 Å². The lowest BCUT2D eigenvalue weighted by Gasteiger charge is -2.06. The summed E-state index contributed by atoms with van der Waals surface area (Å²) in [5.74, 6) is -0.192. The molecule has 0 radical (unpaired) electrons. The number of carbonyl (C=O) groups is 2. The number of para-hydroxylation sites is 1. The summed E-state index contributed by atoms with van der Waals surface area (Å²) in [7, 11) is 0. The molecule has 0 saturated heterocycles. The largest absolute Gasteiger partial charge is 0.356 e. The van der Waals surface area contributed by atoms with Crippen LogP contribution in [0.25, 0.3) is 5.69 Å². The molecule has 2 aromatic heterocycles. The number of hydrogen-bond donors (Lipinski definition) is 2. The minimum atomic E-state index is -0.139. The van der Waals surface area contributed by atoms with Crippen LogP contribution in [0.3, 0.4) is 0 Å². The maximum absolute atomic E-state index is 11.9. The van der Waals surface area contributed by atoms with E-state index in [1.54, 1.807) is 11.4 Å². The fourth-order valence-electron chi connectivity index (χ4n) is 2.83. The van der Waals surface area contributed by atoms with Crippen molar-refractivity contribution >= 4 is 23.2 Å². The highest BCUT2D eigenvalue weighted by atomic mass is 32.1. The number of hydrogen-bond acceptors (Lipinski definition) is 4. The Kier molecular flexibility index (Phi) is 6.97. The summed E-state index contributed by atoms with van der Waals surface area (Å²) in [6, 6.07) is 11.8. The van der Waals surface area contributed by atoms with Crippen molar-refractivity contribution in [2.45, 2.75) is 26.2 Å². The zero-order valence-corrected chi connectivity index (χ0v) is 16.7. The van der Waals surface area contributed by atoms with Crippen LogP contribution in [-0.2, 0) is 11.2 Å². The second kappa shape index (κ2) is 9.85. The molecule has 1 aromatic carbocycles. The molecule has 2 N–H and O–H groups in total. The van der Waals surface area contributed by atoms with Crippen LogP contribution in [0.5, 0.6) is 0 Å². The van der Waals surface area contributed by atoms with Gasteiger partial charge in [0.05, 0.1) is 11.4 Å². The van der Waals surface area contributed by atoms with E-state index in [9.17, 15) is 9.59 Å². The number of benzene rings is 1. The first-order valence-corrected chi connectivity index (χ1v) is 10.3. The van der Waals surface area contributed by atoms with E-state index in [1.807, 2.05) is 53.5 Å². The summed E-state index contributed by atoms with van der Waals surface area (Å²) < 4.78 is 1.89. The first-order valence-electron chi connectivity index (χ1n) is 9.31. The topological polar surface area (TPSA) is 76.0 Å². The molecule has 28 heavy (non-hydrogen) atoms. The van der Waals surface area contributed by atoms with Crippen LogP contribution in [0.4, 0.5) is 0 Å². The fraction of sp³-hybridized carbons (Fsp3) is 0.286. The van der Waals surface area contributed by atoms with Gasteiger partial charge in [-0.1, -0.05) is 18.2 Å². The predicted octanol–water partition coefficient (Wildman–Crippen LogP) is 3.11. The van der Waals surface area contributed by atoms with Crippen LogP contribution < -0.4 is 10.6 Å². The number of aryl methyl sites for hydroxylation is 2. The normalized spacial score (nSPS) is 10.6. The smallest absolute Gasteiger partial charge is 0.252 e. The van der Waals surface area contributed by atoms with E-state index in [0.717, 1.165) is 24.2 Å². The highest BCUT2D eigenvalue weighted by molar-refractivity contribution is 7.08. The Labute approximate surface area is 168 Å². The Bertz CT molecular complexity index is 904. The van der Waals surface area contributed by atoms with Gasteiger partial charge in [-0.2, -0.15) is 16.4 Å². The third-order valence-electron chi connectivity index (χ3n) is 4.39. The van der Waals surface area contributed by atoms with Gasteiger partial charge in [0.15, 0.2) is 0 Å². The van der Waals surface area contributed by atoms with Gasteiger partial charge in [0.2, 0.25) is 5.91 Å². The second-order valence-electron chi connectivity index (χ2n) is 6.49. The van der Waals surface area contributed by atoms with E-state index in [-0.39, 0.29) is 18.2 Å². The lowest BCUT2D eigenvalue weighted by Crippen LogP contribution is -2.31. The molecule has 7 heteroatoms. The van der Waals surface area contributed by atoms with E-state index in [1.165, 1.54) is 16.9 Å². The van der Waals surface area contributed by atoms with Crippen molar-refractivity contribution in [3.63, 3.8) is 0 Å². The summed E-state index contributed by atoms with van der Waals surface area (Å²) in [5, 5.41) is 13.9.